The molecule has 2 aliphatic rings. The molecule has 2 rings (SSSR count). The Bertz CT molecular complexity index is 241. The minimum Gasteiger partial charge on any atom is -0.481 e. The van der Waals surface area contributed by atoms with Crippen molar-refractivity contribution in [3.05, 3.63) is 0 Å². The summed E-state index contributed by atoms with van der Waals surface area (Å²) in [5.74, 6) is 0.715. The van der Waals surface area contributed by atoms with Crippen molar-refractivity contribution in [2.45, 2.75) is 38.5 Å². The smallest absolute Gasteiger partial charge is 0.303 e. The summed E-state index contributed by atoms with van der Waals surface area (Å²) in [6, 6.07) is 0. The molecule has 2 fully saturated rings. The fraction of sp³-hybridized carbons (Fsp3) is 0.909. The first-order chi connectivity index (χ1) is 6.68. The molecule has 14 heavy (non-hydrogen) atoms. The van der Waals surface area contributed by atoms with Gasteiger partial charge in [0.15, 0.2) is 0 Å². The number of carbonyl (C=O) groups is 1. The molecular weight excluding hydrogens is 178 g/mol. The molecule has 80 valence electrons. The molecule has 3 heteroatoms. The first-order valence-electron chi connectivity index (χ1n) is 5.60. The fourth-order valence-corrected chi connectivity index (χ4v) is 3.47. The summed E-state index contributed by atoms with van der Waals surface area (Å²) in [5.41, 5.74) is 5.75. The highest BCUT2D eigenvalue weighted by atomic mass is 16.4. The van der Waals surface area contributed by atoms with Gasteiger partial charge in [-0.25, -0.2) is 0 Å². The van der Waals surface area contributed by atoms with Crippen LogP contribution in [0.1, 0.15) is 38.5 Å². The average molecular weight is 197 g/mol. The maximum Gasteiger partial charge on any atom is 0.303 e. The Labute approximate surface area is 84.7 Å². The van der Waals surface area contributed by atoms with Gasteiger partial charge in [0.1, 0.15) is 0 Å². The normalized spacial score (nSPS) is 41.2. The Morgan fingerprint density at radius 2 is 2.21 bits per heavy atom. The largest absolute Gasteiger partial charge is 0.481 e. The van der Waals surface area contributed by atoms with Crippen LogP contribution in [0.4, 0.5) is 0 Å². The number of carboxylic acids is 1. The van der Waals surface area contributed by atoms with Crippen LogP contribution in [0.5, 0.6) is 0 Å². The van der Waals surface area contributed by atoms with Gasteiger partial charge in [0, 0.05) is 0 Å². The molecule has 0 radical (unpaired) electrons. The molecular formula is C11H19NO2. The summed E-state index contributed by atoms with van der Waals surface area (Å²) in [6.07, 6.45) is 6.28. The number of hydrogen-bond donors (Lipinski definition) is 2. The van der Waals surface area contributed by atoms with Gasteiger partial charge in [0.25, 0.3) is 0 Å². The van der Waals surface area contributed by atoms with Gasteiger partial charge < -0.3 is 10.8 Å². The van der Waals surface area contributed by atoms with Crippen LogP contribution in [-0.4, -0.2) is 17.6 Å². The van der Waals surface area contributed by atoms with E-state index in [0.717, 1.165) is 12.3 Å². The lowest BCUT2D eigenvalue weighted by molar-refractivity contribution is -0.144. The Kier molecular flexibility index (Phi) is 2.52. The third kappa shape index (κ3) is 1.44. The second-order valence-corrected chi connectivity index (χ2v) is 4.97. The second-order valence-electron chi connectivity index (χ2n) is 4.97. The Morgan fingerprint density at radius 1 is 1.43 bits per heavy atom. The summed E-state index contributed by atoms with van der Waals surface area (Å²) in [4.78, 5) is 10.9. The molecule has 0 spiro atoms. The van der Waals surface area contributed by atoms with Crippen LogP contribution in [-0.2, 0) is 4.79 Å². The van der Waals surface area contributed by atoms with E-state index in [9.17, 15) is 4.79 Å². The van der Waals surface area contributed by atoms with Crippen LogP contribution in [0.25, 0.3) is 0 Å². The molecule has 0 aromatic rings. The lowest BCUT2D eigenvalue weighted by atomic mass is 9.52. The summed E-state index contributed by atoms with van der Waals surface area (Å²) < 4.78 is 0. The highest BCUT2D eigenvalue weighted by Gasteiger charge is 2.49. The molecule has 3 N–H and O–H groups in total. The average Bonchev–Trinajstić information content (AvgIpc) is 2.07. The van der Waals surface area contributed by atoms with Gasteiger partial charge in [-0.2, -0.15) is 0 Å². The van der Waals surface area contributed by atoms with E-state index in [2.05, 4.69) is 0 Å². The van der Waals surface area contributed by atoms with Gasteiger partial charge in [0.05, 0.1) is 6.42 Å². The van der Waals surface area contributed by atoms with E-state index in [1.807, 2.05) is 0 Å². The van der Waals surface area contributed by atoms with Crippen molar-refractivity contribution in [3.63, 3.8) is 0 Å². The van der Waals surface area contributed by atoms with E-state index >= 15 is 0 Å². The predicted octanol–water partition coefficient (Wildman–Crippen LogP) is 1.62. The maximum absolute atomic E-state index is 10.9. The zero-order valence-corrected chi connectivity index (χ0v) is 8.54. The van der Waals surface area contributed by atoms with Gasteiger partial charge in [0.2, 0.25) is 0 Å². The van der Waals surface area contributed by atoms with Crippen molar-refractivity contribution in [2.75, 3.05) is 6.54 Å². The number of nitrogens with two attached hydrogens (primary N) is 1. The van der Waals surface area contributed by atoms with Gasteiger partial charge in [-0.05, 0) is 43.1 Å². The number of fused-ring (bicyclic) bond motifs is 1. The Hall–Kier alpha value is -0.570. The molecule has 3 nitrogen and oxygen atoms in total. The molecule has 0 amide bonds. The highest BCUT2D eigenvalue weighted by molar-refractivity contribution is 5.68. The molecule has 0 aliphatic heterocycles. The minimum absolute atomic E-state index is 0.0625. The third-order valence-electron chi connectivity index (χ3n) is 4.36. The molecule has 0 aromatic heterocycles. The molecule has 0 bridgehead atoms. The standard InChI is InChI=1S/C11H19NO2/c12-7-11(6-10(13)14)5-1-2-8-3-4-9(8)11/h8-9H,1-7,12H2,(H,13,14). The van der Waals surface area contributed by atoms with Gasteiger partial charge in [-0.1, -0.05) is 12.8 Å². The van der Waals surface area contributed by atoms with Gasteiger partial charge in [-0.3, -0.25) is 4.79 Å². The monoisotopic (exact) mass is 197 g/mol. The molecule has 3 atom stereocenters. The SMILES string of the molecule is NCC1(CC(=O)O)CCCC2CCC21. The lowest BCUT2D eigenvalue weighted by Gasteiger charge is -2.53. The Balaban J connectivity index is 2.12. The quantitative estimate of drug-likeness (QED) is 0.722. The van der Waals surface area contributed by atoms with Crippen LogP contribution in [0.3, 0.4) is 0 Å². The van der Waals surface area contributed by atoms with Crippen LogP contribution in [0.15, 0.2) is 0 Å². The van der Waals surface area contributed by atoms with E-state index in [4.69, 9.17) is 10.8 Å². The Morgan fingerprint density at radius 3 is 2.71 bits per heavy atom. The van der Waals surface area contributed by atoms with Gasteiger partial charge in [-0.15, -0.1) is 0 Å². The molecule has 3 unspecified atom stereocenters. The second kappa shape index (κ2) is 3.54. The molecule has 2 aliphatic carbocycles. The topological polar surface area (TPSA) is 63.3 Å². The van der Waals surface area contributed by atoms with Crippen molar-refractivity contribution in [3.8, 4) is 0 Å². The van der Waals surface area contributed by atoms with E-state index in [0.29, 0.717) is 12.5 Å². The molecule has 0 heterocycles. The molecule has 2 saturated carbocycles. The van der Waals surface area contributed by atoms with Crippen molar-refractivity contribution < 1.29 is 9.90 Å². The highest BCUT2D eigenvalue weighted by Crippen LogP contribution is 2.55. The van der Waals surface area contributed by atoms with Crippen LogP contribution < -0.4 is 5.73 Å². The predicted molar refractivity (Wildman–Crippen MR) is 53.8 cm³/mol. The van der Waals surface area contributed by atoms with Crippen molar-refractivity contribution >= 4 is 5.97 Å². The van der Waals surface area contributed by atoms with Gasteiger partial charge >= 0.3 is 5.97 Å². The number of aliphatic carboxylic acids is 1. The number of carboxylic acid groups (broad SMARTS) is 1. The van der Waals surface area contributed by atoms with E-state index < -0.39 is 5.97 Å². The van der Waals surface area contributed by atoms with E-state index in [-0.39, 0.29) is 11.8 Å². The summed E-state index contributed by atoms with van der Waals surface area (Å²) in [6.45, 7) is 0.556. The fourth-order valence-electron chi connectivity index (χ4n) is 3.47. The van der Waals surface area contributed by atoms with Crippen molar-refractivity contribution in [2.24, 2.45) is 23.0 Å². The van der Waals surface area contributed by atoms with Crippen LogP contribution in [0, 0.1) is 17.3 Å². The van der Waals surface area contributed by atoms with E-state index in [1.165, 1.54) is 25.7 Å². The van der Waals surface area contributed by atoms with Crippen molar-refractivity contribution in [1.29, 1.82) is 0 Å². The summed E-state index contributed by atoms with van der Waals surface area (Å²) in [7, 11) is 0. The molecule has 0 aromatic carbocycles. The number of hydrogen-bond acceptors (Lipinski definition) is 2. The first-order valence-corrected chi connectivity index (χ1v) is 5.60. The van der Waals surface area contributed by atoms with E-state index in [1.54, 1.807) is 0 Å². The third-order valence-corrected chi connectivity index (χ3v) is 4.36. The summed E-state index contributed by atoms with van der Waals surface area (Å²) >= 11 is 0. The number of rotatable bonds is 3. The maximum atomic E-state index is 10.9. The zero-order chi connectivity index (χ0) is 10.2. The van der Waals surface area contributed by atoms with Crippen LogP contribution >= 0.6 is 0 Å². The minimum atomic E-state index is -0.678. The molecule has 0 saturated heterocycles. The van der Waals surface area contributed by atoms with Crippen molar-refractivity contribution in [1.82, 2.24) is 0 Å². The van der Waals surface area contributed by atoms with Crippen LogP contribution in [0.2, 0.25) is 0 Å². The summed E-state index contributed by atoms with van der Waals surface area (Å²) in [5, 5.41) is 8.93. The zero-order valence-electron chi connectivity index (χ0n) is 8.54. The lowest BCUT2D eigenvalue weighted by Crippen LogP contribution is -2.50. The first kappa shape index (κ1) is 9.97.